The van der Waals surface area contributed by atoms with Crippen LogP contribution in [-0.2, 0) is 16.8 Å². The van der Waals surface area contributed by atoms with E-state index >= 15 is 0 Å². The Morgan fingerprint density at radius 3 is 3.00 bits per heavy atom. The van der Waals surface area contributed by atoms with Crippen molar-refractivity contribution in [1.82, 2.24) is 10.1 Å². The zero-order chi connectivity index (χ0) is 14.0. The predicted octanol–water partition coefficient (Wildman–Crippen LogP) is 2.78. The number of hydrogen-bond donors (Lipinski definition) is 1. The van der Waals surface area contributed by atoms with Crippen LogP contribution in [-0.4, -0.2) is 21.9 Å². The molecule has 20 heavy (non-hydrogen) atoms. The Morgan fingerprint density at radius 1 is 1.35 bits per heavy atom. The van der Waals surface area contributed by atoms with Crippen LogP contribution < -0.4 is 0 Å². The molecular weight excluding hydrogens is 256 g/mol. The third-order valence-electron chi connectivity index (χ3n) is 3.68. The van der Waals surface area contributed by atoms with Gasteiger partial charge in [0.05, 0.1) is 6.42 Å². The summed E-state index contributed by atoms with van der Waals surface area (Å²) in [6.07, 6.45) is 3.63. The first kappa shape index (κ1) is 13.1. The topological polar surface area (TPSA) is 68.4 Å². The van der Waals surface area contributed by atoms with Gasteiger partial charge in [0.1, 0.15) is 11.4 Å². The Balaban J connectivity index is 1.76. The van der Waals surface area contributed by atoms with Crippen LogP contribution in [0, 0.1) is 0 Å². The summed E-state index contributed by atoms with van der Waals surface area (Å²) in [5.41, 5.74) is 0.508. The average Bonchev–Trinajstić information content (AvgIpc) is 2.89. The van der Waals surface area contributed by atoms with Crippen LogP contribution in [0.4, 0.5) is 0 Å². The third kappa shape index (κ3) is 2.67. The fraction of sp³-hybridized carbons (Fsp3) is 0.467. The lowest BCUT2D eigenvalue weighted by Crippen LogP contribution is -2.31. The van der Waals surface area contributed by atoms with E-state index in [0.717, 1.165) is 31.4 Å². The minimum Gasteiger partial charge on any atom is -0.508 e. The van der Waals surface area contributed by atoms with E-state index in [-0.39, 0.29) is 5.75 Å². The van der Waals surface area contributed by atoms with E-state index in [9.17, 15) is 5.11 Å². The smallest absolute Gasteiger partial charge is 0.231 e. The molecule has 1 unspecified atom stereocenters. The largest absolute Gasteiger partial charge is 0.508 e. The summed E-state index contributed by atoms with van der Waals surface area (Å²) in [4.78, 5) is 4.45. The number of aromatic hydroxyl groups is 1. The first-order chi connectivity index (χ1) is 9.66. The first-order valence-corrected chi connectivity index (χ1v) is 6.91. The standard InChI is InChI=1S/C15H18N2O3/c1-15(7-2-3-8-19-15)14-16-13(20-17-14)10-11-5-4-6-12(18)9-11/h4-6,9,18H,2-3,7-8,10H2,1H3. The van der Waals surface area contributed by atoms with Crippen molar-refractivity contribution in [2.45, 2.75) is 38.2 Å². The maximum Gasteiger partial charge on any atom is 0.231 e. The molecule has 3 rings (SSSR count). The van der Waals surface area contributed by atoms with Crippen LogP contribution >= 0.6 is 0 Å². The Hall–Kier alpha value is -1.88. The van der Waals surface area contributed by atoms with Crippen molar-refractivity contribution < 1.29 is 14.4 Å². The minimum absolute atomic E-state index is 0.241. The number of hydrogen-bond acceptors (Lipinski definition) is 5. The number of ether oxygens (including phenoxy) is 1. The lowest BCUT2D eigenvalue weighted by molar-refractivity contribution is -0.0770. The maximum atomic E-state index is 9.45. The number of nitrogens with zero attached hydrogens (tertiary/aromatic N) is 2. The van der Waals surface area contributed by atoms with Crippen molar-refractivity contribution >= 4 is 0 Å². The lowest BCUT2D eigenvalue weighted by Gasteiger charge is -2.30. The molecule has 1 atom stereocenters. The molecule has 5 heteroatoms. The summed E-state index contributed by atoms with van der Waals surface area (Å²) in [5, 5.41) is 13.5. The van der Waals surface area contributed by atoms with Gasteiger partial charge < -0.3 is 14.4 Å². The molecule has 0 bridgehead atoms. The highest BCUT2D eigenvalue weighted by molar-refractivity contribution is 5.28. The van der Waals surface area contributed by atoms with Gasteiger partial charge in [0.2, 0.25) is 11.7 Å². The van der Waals surface area contributed by atoms with Crippen LogP contribution in [0.2, 0.25) is 0 Å². The van der Waals surface area contributed by atoms with Gasteiger partial charge in [-0.05, 0) is 43.9 Å². The Kier molecular flexibility index (Phi) is 3.44. The van der Waals surface area contributed by atoms with Gasteiger partial charge in [0, 0.05) is 6.61 Å². The molecule has 2 heterocycles. The quantitative estimate of drug-likeness (QED) is 0.932. The van der Waals surface area contributed by atoms with E-state index in [1.54, 1.807) is 18.2 Å². The van der Waals surface area contributed by atoms with Gasteiger partial charge in [-0.2, -0.15) is 4.98 Å². The van der Waals surface area contributed by atoms with Crippen molar-refractivity contribution in [3.8, 4) is 5.75 Å². The third-order valence-corrected chi connectivity index (χ3v) is 3.68. The number of aromatic nitrogens is 2. The molecule has 1 fully saturated rings. The van der Waals surface area contributed by atoms with E-state index in [1.807, 2.05) is 13.0 Å². The molecule has 1 aliphatic rings. The Morgan fingerprint density at radius 2 is 2.25 bits per heavy atom. The fourth-order valence-corrected chi connectivity index (χ4v) is 2.49. The zero-order valence-corrected chi connectivity index (χ0v) is 11.5. The summed E-state index contributed by atoms with van der Waals surface area (Å²) in [6, 6.07) is 7.05. The summed E-state index contributed by atoms with van der Waals surface area (Å²) >= 11 is 0. The van der Waals surface area contributed by atoms with Crippen molar-refractivity contribution in [2.75, 3.05) is 6.61 Å². The number of benzene rings is 1. The number of phenolic OH excluding ortho intramolecular Hbond substituents is 1. The van der Waals surface area contributed by atoms with E-state index in [2.05, 4.69) is 10.1 Å². The van der Waals surface area contributed by atoms with Crippen LogP contribution in [0.5, 0.6) is 5.75 Å². The van der Waals surface area contributed by atoms with Gasteiger partial charge in [0.15, 0.2) is 0 Å². The minimum atomic E-state index is -0.432. The van der Waals surface area contributed by atoms with Crippen LogP contribution in [0.25, 0.3) is 0 Å². The first-order valence-electron chi connectivity index (χ1n) is 6.91. The highest BCUT2D eigenvalue weighted by atomic mass is 16.5. The summed E-state index contributed by atoms with van der Waals surface area (Å²) in [5.74, 6) is 1.40. The second-order valence-corrected chi connectivity index (χ2v) is 5.39. The maximum absolute atomic E-state index is 9.45. The van der Waals surface area contributed by atoms with E-state index in [0.29, 0.717) is 18.1 Å². The van der Waals surface area contributed by atoms with Gasteiger partial charge >= 0.3 is 0 Å². The summed E-state index contributed by atoms with van der Waals surface area (Å²) < 4.78 is 11.1. The molecule has 1 N–H and O–H groups in total. The van der Waals surface area contributed by atoms with Gasteiger partial charge in [-0.3, -0.25) is 0 Å². The normalized spacial score (nSPS) is 22.9. The molecule has 0 spiro atoms. The molecule has 0 amide bonds. The van der Waals surface area contributed by atoms with Gasteiger partial charge in [-0.15, -0.1) is 0 Å². The molecule has 0 radical (unpaired) electrons. The molecule has 2 aromatic rings. The van der Waals surface area contributed by atoms with Crippen molar-refractivity contribution in [1.29, 1.82) is 0 Å². The highest BCUT2D eigenvalue weighted by Crippen LogP contribution is 2.32. The van der Waals surface area contributed by atoms with E-state index in [1.165, 1.54) is 0 Å². The average molecular weight is 274 g/mol. The van der Waals surface area contributed by atoms with Crippen molar-refractivity contribution in [3.05, 3.63) is 41.5 Å². The number of rotatable bonds is 3. The fourth-order valence-electron chi connectivity index (χ4n) is 2.49. The Bertz CT molecular complexity index is 588. The van der Waals surface area contributed by atoms with Crippen LogP contribution in [0.3, 0.4) is 0 Å². The molecule has 1 aromatic heterocycles. The summed E-state index contributed by atoms with van der Waals surface area (Å²) in [7, 11) is 0. The Labute approximate surface area is 117 Å². The van der Waals surface area contributed by atoms with Crippen LogP contribution in [0.15, 0.2) is 28.8 Å². The zero-order valence-electron chi connectivity index (χ0n) is 11.5. The van der Waals surface area contributed by atoms with Crippen LogP contribution in [0.1, 0.15) is 43.5 Å². The molecule has 1 saturated heterocycles. The van der Waals surface area contributed by atoms with Crippen molar-refractivity contribution in [2.24, 2.45) is 0 Å². The number of phenols is 1. The predicted molar refractivity (Wildman–Crippen MR) is 72.4 cm³/mol. The monoisotopic (exact) mass is 274 g/mol. The van der Waals surface area contributed by atoms with Gasteiger partial charge in [-0.1, -0.05) is 17.3 Å². The van der Waals surface area contributed by atoms with E-state index in [4.69, 9.17) is 9.26 Å². The molecular formula is C15H18N2O3. The second kappa shape index (κ2) is 5.25. The SMILES string of the molecule is CC1(c2noc(Cc3cccc(O)c3)n2)CCCCO1. The van der Waals surface area contributed by atoms with Gasteiger partial charge in [0.25, 0.3) is 0 Å². The molecule has 1 aliphatic heterocycles. The van der Waals surface area contributed by atoms with Crippen molar-refractivity contribution in [3.63, 3.8) is 0 Å². The molecule has 1 aromatic carbocycles. The molecule has 106 valence electrons. The molecule has 0 saturated carbocycles. The molecule has 0 aliphatic carbocycles. The lowest BCUT2D eigenvalue weighted by atomic mass is 9.95. The molecule has 5 nitrogen and oxygen atoms in total. The van der Waals surface area contributed by atoms with Gasteiger partial charge in [-0.25, -0.2) is 0 Å². The summed E-state index contributed by atoms with van der Waals surface area (Å²) in [6.45, 7) is 2.75. The highest BCUT2D eigenvalue weighted by Gasteiger charge is 2.34. The second-order valence-electron chi connectivity index (χ2n) is 5.39. The van der Waals surface area contributed by atoms with E-state index < -0.39 is 5.60 Å².